The second-order valence-electron chi connectivity index (χ2n) is 5.41. The molecule has 0 amide bonds. The lowest BCUT2D eigenvalue weighted by Crippen LogP contribution is -2.35. The van der Waals surface area contributed by atoms with E-state index in [2.05, 4.69) is 31.3 Å². The maximum atomic E-state index is 5.34. The van der Waals surface area contributed by atoms with Crippen LogP contribution >= 0.6 is 0 Å². The molecule has 0 aromatic carbocycles. The Morgan fingerprint density at radius 1 is 1.33 bits per heavy atom. The standard InChI is InChI=1S/C14H16N6O/c1-10-16-14(21-18-10)11-4-3-7-19(8-11)13-6-2-5-12-17-15-9-20(12)13/h2,5-6,9,11H,3-4,7-8H2,1H3. The van der Waals surface area contributed by atoms with Gasteiger partial charge in [-0.2, -0.15) is 4.98 Å². The lowest BCUT2D eigenvalue weighted by atomic mass is 9.98. The van der Waals surface area contributed by atoms with Crippen LogP contribution in [0.4, 0.5) is 5.82 Å². The zero-order valence-corrected chi connectivity index (χ0v) is 11.8. The maximum Gasteiger partial charge on any atom is 0.231 e. The Balaban J connectivity index is 1.65. The van der Waals surface area contributed by atoms with Gasteiger partial charge in [0.2, 0.25) is 5.89 Å². The van der Waals surface area contributed by atoms with E-state index in [0.29, 0.717) is 5.82 Å². The molecule has 0 bridgehead atoms. The van der Waals surface area contributed by atoms with Gasteiger partial charge in [0.05, 0.1) is 5.92 Å². The van der Waals surface area contributed by atoms with Gasteiger partial charge in [-0.15, -0.1) is 10.2 Å². The largest absolute Gasteiger partial charge is 0.357 e. The van der Waals surface area contributed by atoms with Gasteiger partial charge in [0.15, 0.2) is 11.5 Å². The Morgan fingerprint density at radius 2 is 2.29 bits per heavy atom. The Bertz CT molecular complexity index is 764. The summed E-state index contributed by atoms with van der Waals surface area (Å²) in [7, 11) is 0. The third-order valence-electron chi connectivity index (χ3n) is 3.95. The molecule has 0 spiro atoms. The van der Waals surface area contributed by atoms with Crippen molar-refractivity contribution in [2.24, 2.45) is 0 Å². The average molecular weight is 284 g/mol. The first-order chi connectivity index (χ1) is 10.3. The summed E-state index contributed by atoms with van der Waals surface area (Å²) in [6.07, 6.45) is 3.94. The topological polar surface area (TPSA) is 72.4 Å². The molecule has 108 valence electrons. The van der Waals surface area contributed by atoms with E-state index >= 15 is 0 Å². The number of fused-ring (bicyclic) bond motifs is 1. The molecule has 21 heavy (non-hydrogen) atoms. The number of anilines is 1. The first-order valence-corrected chi connectivity index (χ1v) is 7.15. The first-order valence-electron chi connectivity index (χ1n) is 7.15. The molecule has 0 radical (unpaired) electrons. The number of nitrogens with zero attached hydrogens (tertiary/aromatic N) is 6. The molecule has 1 saturated heterocycles. The number of rotatable bonds is 2. The fourth-order valence-corrected chi connectivity index (χ4v) is 2.96. The van der Waals surface area contributed by atoms with Gasteiger partial charge in [-0.3, -0.25) is 4.40 Å². The zero-order valence-electron chi connectivity index (χ0n) is 11.8. The molecular formula is C14H16N6O. The van der Waals surface area contributed by atoms with E-state index in [-0.39, 0.29) is 5.92 Å². The number of hydrogen-bond acceptors (Lipinski definition) is 6. The summed E-state index contributed by atoms with van der Waals surface area (Å²) in [5.41, 5.74) is 0.864. The molecule has 0 saturated carbocycles. The average Bonchev–Trinajstić information content (AvgIpc) is 3.15. The van der Waals surface area contributed by atoms with Crippen molar-refractivity contribution in [2.75, 3.05) is 18.0 Å². The van der Waals surface area contributed by atoms with Gasteiger partial charge >= 0.3 is 0 Å². The van der Waals surface area contributed by atoms with Crippen LogP contribution in [0.25, 0.3) is 5.65 Å². The molecule has 1 aliphatic heterocycles. The van der Waals surface area contributed by atoms with Crippen LogP contribution in [0.5, 0.6) is 0 Å². The van der Waals surface area contributed by atoms with Crippen LogP contribution in [0.3, 0.4) is 0 Å². The van der Waals surface area contributed by atoms with Gasteiger partial charge in [0.25, 0.3) is 0 Å². The summed E-state index contributed by atoms with van der Waals surface area (Å²) in [5.74, 6) is 2.83. The van der Waals surface area contributed by atoms with E-state index < -0.39 is 0 Å². The third kappa shape index (κ3) is 2.14. The van der Waals surface area contributed by atoms with Crippen LogP contribution in [-0.4, -0.2) is 37.8 Å². The van der Waals surface area contributed by atoms with Crippen LogP contribution in [0.2, 0.25) is 0 Å². The van der Waals surface area contributed by atoms with E-state index in [0.717, 1.165) is 43.3 Å². The molecule has 3 aromatic heterocycles. The SMILES string of the molecule is Cc1noc(C2CCCN(c3cccc4nncn34)C2)n1. The molecule has 1 fully saturated rings. The Kier molecular flexibility index (Phi) is 2.83. The van der Waals surface area contributed by atoms with Crippen molar-refractivity contribution in [2.45, 2.75) is 25.7 Å². The maximum absolute atomic E-state index is 5.34. The lowest BCUT2D eigenvalue weighted by molar-refractivity contribution is 0.331. The van der Waals surface area contributed by atoms with E-state index in [4.69, 9.17) is 4.52 Å². The minimum Gasteiger partial charge on any atom is -0.357 e. The molecule has 1 aliphatic rings. The van der Waals surface area contributed by atoms with Crippen LogP contribution < -0.4 is 4.90 Å². The quantitative estimate of drug-likeness (QED) is 0.714. The first kappa shape index (κ1) is 12.3. The number of aryl methyl sites for hydroxylation is 1. The molecule has 4 rings (SSSR count). The molecule has 7 nitrogen and oxygen atoms in total. The van der Waals surface area contributed by atoms with Crippen LogP contribution in [-0.2, 0) is 0 Å². The fourth-order valence-electron chi connectivity index (χ4n) is 2.96. The molecule has 0 aliphatic carbocycles. The van der Waals surface area contributed by atoms with Gasteiger partial charge in [-0.25, -0.2) is 0 Å². The van der Waals surface area contributed by atoms with Crippen LogP contribution in [0, 0.1) is 6.92 Å². The van der Waals surface area contributed by atoms with Crippen molar-refractivity contribution < 1.29 is 4.52 Å². The molecule has 7 heteroatoms. The van der Waals surface area contributed by atoms with Gasteiger partial charge in [-0.1, -0.05) is 11.2 Å². The number of piperidine rings is 1. The van der Waals surface area contributed by atoms with E-state index in [1.807, 2.05) is 23.5 Å². The predicted molar refractivity (Wildman–Crippen MR) is 76.2 cm³/mol. The molecule has 3 aromatic rings. The summed E-state index contributed by atoms with van der Waals surface area (Å²) in [4.78, 5) is 6.72. The van der Waals surface area contributed by atoms with Gasteiger partial charge < -0.3 is 9.42 Å². The highest BCUT2D eigenvalue weighted by atomic mass is 16.5. The van der Waals surface area contributed by atoms with Crippen molar-refractivity contribution in [1.82, 2.24) is 24.7 Å². The summed E-state index contributed by atoms with van der Waals surface area (Å²) in [5, 5.41) is 12.0. The van der Waals surface area contributed by atoms with Crippen molar-refractivity contribution in [1.29, 1.82) is 0 Å². The van der Waals surface area contributed by atoms with Crippen LogP contribution in [0.15, 0.2) is 29.0 Å². The van der Waals surface area contributed by atoms with Crippen molar-refractivity contribution >= 4 is 11.5 Å². The summed E-state index contributed by atoms with van der Waals surface area (Å²) in [6, 6.07) is 6.07. The molecule has 1 atom stereocenters. The Labute approximate surface area is 121 Å². The van der Waals surface area contributed by atoms with Crippen molar-refractivity contribution in [3.63, 3.8) is 0 Å². The third-order valence-corrected chi connectivity index (χ3v) is 3.95. The van der Waals surface area contributed by atoms with Gasteiger partial charge in [-0.05, 0) is 31.9 Å². The van der Waals surface area contributed by atoms with Crippen molar-refractivity contribution in [3.05, 3.63) is 36.2 Å². The highest BCUT2D eigenvalue weighted by Gasteiger charge is 2.26. The fraction of sp³-hybridized carbons (Fsp3) is 0.429. The molecular weight excluding hydrogens is 268 g/mol. The highest BCUT2D eigenvalue weighted by Crippen LogP contribution is 2.29. The number of hydrogen-bond donors (Lipinski definition) is 0. The minimum atomic E-state index is 0.284. The Hall–Kier alpha value is -2.44. The van der Waals surface area contributed by atoms with Gasteiger partial charge in [0.1, 0.15) is 12.1 Å². The summed E-state index contributed by atoms with van der Waals surface area (Å²) in [6.45, 7) is 3.74. The van der Waals surface area contributed by atoms with Crippen molar-refractivity contribution in [3.8, 4) is 0 Å². The van der Waals surface area contributed by atoms with Gasteiger partial charge in [0, 0.05) is 13.1 Å². The number of pyridine rings is 1. The molecule has 0 N–H and O–H groups in total. The smallest absolute Gasteiger partial charge is 0.231 e. The van der Waals surface area contributed by atoms with E-state index in [1.165, 1.54) is 0 Å². The number of aromatic nitrogens is 5. The predicted octanol–water partition coefficient (Wildman–Crippen LogP) is 1.80. The summed E-state index contributed by atoms with van der Waals surface area (Å²) >= 11 is 0. The minimum absolute atomic E-state index is 0.284. The highest BCUT2D eigenvalue weighted by molar-refractivity contribution is 5.51. The Morgan fingerprint density at radius 3 is 3.14 bits per heavy atom. The summed E-state index contributed by atoms with van der Waals surface area (Å²) < 4.78 is 7.36. The second-order valence-corrected chi connectivity index (χ2v) is 5.41. The van der Waals surface area contributed by atoms with E-state index in [9.17, 15) is 0 Å². The van der Waals surface area contributed by atoms with E-state index in [1.54, 1.807) is 6.33 Å². The van der Waals surface area contributed by atoms with Crippen LogP contribution in [0.1, 0.15) is 30.5 Å². The molecule has 4 heterocycles. The monoisotopic (exact) mass is 284 g/mol. The second kappa shape index (κ2) is 4.83. The normalized spacial score (nSPS) is 19.3. The lowest BCUT2D eigenvalue weighted by Gasteiger charge is -2.32. The molecule has 1 unspecified atom stereocenters. The zero-order chi connectivity index (χ0) is 14.2.